The van der Waals surface area contributed by atoms with Gasteiger partial charge in [0.05, 0.1) is 12.1 Å². The lowest BCUT2D eigenvalue weighted by Crippen LogP contribution is -2.40. The zero-order valence-electron chi connectivity index (χ0n) is 11.2. The summed E-state index contributed by atoms with van der Waals surface area (Å²) < 4.78 is 0. The van der Waals surface area contributed by atoms with E-state index in [0.717, 1.165) is 6.42 Å². The molecule has 0 aromatic heterocycles. The monoisotopic (exact) mass is 250 g/mol. The second-order valence-corrected chi connectivity index (χ2v) is 4.66. The van der Waals surface area contributed by atoms with Crippen LogP contribution in [0.2, 0.25) is 0 Å². The summed E-state index contributed by atoms with van der Waals surface area (Å²) in [6.07, 6.45) is 0.230. The molecule has 0 saturated carbocycles. The van der Waals surface area contributed by atoms with Crippen LogP contribution in [0.25, 0.3) is 0 Å². The van der Waals surface area contributed by atoms with Crippen molar-refractivity contribution in [2.45, 2.75) is 39.3 Å². The molecule has 0 spiro atoms. The van der Waals surface area contributed by atoms with Crippen LogP contribution in [-0.2, 0) is 4.79 Å². The Kier molecular flexibility index (Phi) is 5.31. The van der Waals surface area contributed by atoms with Crippen LogP contribution in [0, 0.1) is 5.92 Å². The van der Waals surface area contributed by atoms with Crippen LogP contribution in [0.4, 0.5) is 5.69 Å². The highest BCUT2D eigenvalue weighted by Gasteiger charge is 2.20. The van der Waals surface area contributed by atoms with E-state index in [2.05, 4.69) is 5.32 Å². The Bertz CT molecular complexity index is 405. The molecule has 1 rings (SSSR count). The summed E-state index contributed by atoms with van der Waals surface area (Å²) in [4.78, 5) is 12.0. The zero-order chi connectivity index (χ0) is 13.7. The molecule has 1 amide bonds. The van der Waals surface area contributed by atoms with E-state index >= 15 is 0 Å². The SMILES string of the molecule is CCC(C)[C@H](N)C(=O)Nc1ccccc1C(C)O. The highest BCUT2D eigenvalue weighted by molar-refractivity contribution is 5.95. The number of hydrogen-bond donors (Lipinski definition) is 3. The second-order valence-electron chi connectivity index (χ2n) is 4.66. The van der Waals surface area contributed by atoms with Crippen LogP contribution in [0.1, 0.15) is 38.9 Å². The molecule has 3 atom stereocenters. The van der Waals surface area contributed by atoms with Gasteiger partial charge >= 0.3 is 0 Å². The Morgan fingerprint density at radius 2 is 2.00 bits per heavy atom. The molecule has 0 bridgehead atoms. The molecule has 4 nitrogen and oxygen atoms in total. The highest BCUT2D eigenvalue weighted by Crippen LogP contribution is 2.22. The number of aliphatic hydroxyl groups excluding tert-OH is 1. The topological polar surface area (TPSA) is 75.4 Å². The molecule has 0 saturated heterocycles. The van der Waals surface area contributed by atoms with Crippen LogP contribution in [0.3, 0.4) is 0 Å². The smallest absolute Gasteiger partial charge is 0.241 e. The minimum atomic E-state index is -0.624. The summed E-state index contributed by atoms with van der Waals surface area (Å²) >= 11 is 0. The Morgan fingerprint density at radius 1 is 1.39 bits per heavy atom. The molecule has 1 aromatic carbocycles. The van der Waals surface area contributed by atoms with Crippen molar-refractivity contribution in [3.63, 3.8) is 0 Å². The molecule has 0 radical (unpaired) electrons. The average molecular weight is 250 g/mol. The van der Waals surface area contributed by atoms with Gasteiger partial charge in [-0.25, -0.2) is 0 Å². The summed E-state index contributed by atoms with van der Waals surface area (Å²) in [6, 6.07) is 6.66. The maximum absolute atomic E-state index is 12.0. The number of rotatable bonds is 5. The Labute approximate surface area is 108 Å². The number of aliphatic hydroxyl groups is 1. The van der Waals surface area contributed by atoms with E-state index in [1.165, 1.54) is 0 Å². The van der Waals surface area contributed by atoms with Crippen LogP contribution >= 0.6 is 0 Å². The fourth-order valence-corrected chi connectivity index (χ4v) is 1.70. The number of hydrogen-bond acceptors (Lipinski definition) is 3. The fourth-order valence-electron chi connectivity index (χ4n) is 1.70. The van der Waals surface area contributed by atoms with Crippen molar-refractivity contribution in [3.05, 3.63) is 29.8 Å². The van der Waals surface area contributed by atoms with Crippen molar-refractivity contribution in [3.8, 4) is 0 Å². The molecule has 0 aliphatic rings. The maximum atomic E-state index is 12.0. The van der Waals surface area contributed by atoms with Gasteiger partial charge in [-0.2, -0.15) is 0 Å². The molecule has 0 fully saturated rings. The molecule has 4 N–H and O–H groups in total. The maximum Gasteiger partial charge on any atom is 0.241 e. The minimum Gasteiger partial charge on any atom is -0.389 e. The van der Waals surface area contributed by atoms with Crippen molar-refractivity contribution >= 4 is 11.6 Å². The van der Waals surface area contributed by atoms with Crippen molar-refractivity contribution in [2.75, 3.05) is 5.32 Å². The normalized spacial score (nSPS) is 15.8. The first-order valence-electron chi connectivity index (χ1n) is 6.30. The molecule has 100 valence electrons. The van der Waals surface area contributed by atoms with E-state index in [1.807, 2.05) is 26.0 Å². The predicted molar refractivity (Wildman–Crippen MR) is 73.1 cm³/mol. The number of nitrogens with two attached hydrogens (primary N) is 1. The zero-order valence-corrected chi connectivity index (χ0v) is 11.2. The summed E-state index contributed by atoms with van der Waals surface area (Å²) in [5.74, 6) is -0.0823. The van der Waals surface area contributed by atoms with Crippen LogP contribution < -0.4 is 11.1 Å². The number of amides is 1. The van der Waals surface area contributed by atoms with Crippen molar-refractivity contribution in [1.82, 2.24) is 0 Å². The van der Waals surface area contributed by atoms with E-state index in [0.29, 0.717) is 11.3 Å². The lowest BCUT2D eigenvalue weighted by Gasteiger charge is -2.19. The number of carbonyl (C=O) groups is 1. The van der Waals surface area contributed by atoms with E-state index in [-0.39, 0.29) is 11.8 Å². The standard InChI is InChI=1S/C14H22N2O2/c1-4-9(2)13(15)14(18)16-12-8-6-5-7-11(12)10(3)17/h5-10,13,17H,4,15H2,1-3H3,(H,16,18)/t9?,10?,13-/m0/s1. The molecule has 0 heterocycles. The van der Waals surface area contributed by atoms with E-state index < -0.39 is 12.1 Å². The second kappa shape index (κ2) is 6.52. The van der Waals surface area contributed by atoms with Crippen molar-refractivity contribution in [1.29, 1.82) is 0 Å². The summed E-state index contributed by atoms with van der Waals surface area (Å²) in [5.41, 5.74) is 7.19. The van der Waals surface area contributed by atoms with Crippen molar-refractivity contribution in [2.24, 2.45) is 11.7 Å². The van der Waals surface area contributed by atoms with Gasteiger partial charge in [-0.1, -0.05) is 38.5 Å². The average Bonchev–Trinajstić information content (AvgIpc) is 2.37. The third kappa shape index (κ3) is 3.55. The predicted octanol–water partition coefficient (Wildman–Crippen LogP) is 2.05. The molecule has 2 unspecified atom stereocenters. The molecule has 18 heavy (non-hydrogen) atoms. The lowest BCUT2D eigenvalue weighted by molar-refractivity contribution is -0.118. The van der Waals surface area contributed by atoms with E-state index in [9.17, 15) is 9.90 Å². The Balaban J connectivity index is 2.82. The highest BCUT2D eigenvalue weighted by atomic mass is 16.3. The first-order valence-corrected chi connectivity index (χ1v) is 6.30. The fraction of sp³-hybridized carbons (Fsp3) is 0.500. The van der Waals surface area contributed by atoms with Crippen LogP contribution in [-0.4, -0.2) is 17.1 Å². The van der Waals surface area contributed by atoms with Crippen molar-refractivity contribution < 1.29 is 9.90 Å². The number of nitrogens with one attached hydrogen (secondary N) is 1. The number of carbonyl (C=O) groups excluding carboxylic acids is 1. The number of anilines is 1. The third-order valence-electron chi connectivity index (χ3n) is 3.23. The van der Waals surface area contributed by atoms with Gasteiger partial charge in [-0.05, 0) is 18.9 Å². The molecule has 0 aliphatic carbocycles. The Morgan fingerprint density at radius 3 is 2.56 bits per heavy atom. The first-order chi connectivity index (χ1) is 8.47. The van der Waals surface area contributed by atoms with Gasteiger partial charge in [-0.3, -0.25) is 4.79 Å². The third-order valence-corrected chi connectivity index (χ3v) is 3.23. The minimum absolute atomic E-state index is 0.128. The van der Waals surface area contributed by atoms with Gasteiger partial charge in [-0.15, -0.1) is 0 Å². The molecular formula is C14H22N2O2. The van der Waals surface area contributed by atoms with Crippen LogP contribution in [0.5, 0.6) is 0 Å². The van der Waals surface area contributed by atoms with Gasteiger partial charge < -0.3 is 16.2 Å². The molecular weight excluding hydrogens is 228 g/mol. The molecule has 1 aromatic rings. The quantitative estimate of drug-likeness (QED) is 0.748. The summed E-state index contributed by atoms with van der Waals surface area (Å²) in [7, 11) is 0. The number of benzene rings is 1. The number of para-hydroxylation sites is 1. The van der Waals surface area contributed by atoms with Crippen LogP contribution in [0.15, 0.2) is 24.3 Å². The summed E-state index contributed by atoms with van der Waals surface area (Å²) in [6.45, 7) is 5.62. The van der Waals surface area contributed by atoms with Gasteiger partial charge in [0.25, 0.3) is 0 Å². The van der Waals surface area contributed by atoms with Gasteiger partial charge in [0, 0.05) is 11.3 Å². The molecule has 0 aliphatic heterocycles. The largest absolute Gasteiger partial charge is 0.389 e. The van der Waals surface area contributed by atoms with E-state index in [4.69, 9.17) is 5.73 Å². The lowest BCUT2D eigenvalue weighted by atomic mass is 9.99. The van der Waals surface area contributed by atoms with Gasteiger partial charge in [0.2, 0.25) is 5.91 Å². The van der Waals surface area contributed by atoms with E-state index in [1.54, 1.807) is 19.1 Å². The van der Waals surface area contributed by atoms with Gasteiger partial charge in [0.1, 0.15) is 0 Å². The summed E-state index contributed by atoms with van der Waals surface area (Å²) in [5, 5.41) is 12.4. The molecule has 4 heteroatoms. The Hall–Kier alpha value is -1.39. The van der Waals surface area contributed by atoms with Gasteiger partial charge in [0.15, 0.2) is 0 Å². The first kappa shape index (κ1) is 14.7.